The van der Waals surface area contributed by atoms with Gasteiger partial charge in [-0.1, -0.05) is 30.3 Å². The lowest BCUT2D eigenvalue weighted by molar-refractivity contribution is -0.140. The van der Waals surface area contributed by atoms with Crippen molar-refractivity contribution < 1.29 is 14.4 Å². The number of amides is 3. The molecular weight excluding hydrogens is 306 g/mol. The molecule has 24 heavy (non-hydrogen) atoms. The maximum Gasteiger partial charge on any atom is 0.256 e. The van der Waals surface area contributed by atoms with Crippen molar-refractivity contribution in [1.29, 1.82) is 0 Å². The summed E-state index contributed by atoms with van der Waals surface area (Å²) in [6.45, 7) is 2.03. The number of H-pyrrole nitrogens is 1. The topological polar surface area (TPSA) is 73.5 Å². The minimum Gasteiger partial charge on any atom is -0.365 e. The summed E-state index contributed by atoms with van der Waals surface area (Å²) >= 11 is 0. The smallest absolute Gasteiger partial charge is 0.256 e. The van der Waals surface area contributed by atoms with Crippen molar-refractivity contribution in [2.24, 2.45) is 0 Å². The zero-order valence-electron chi connectivity index (χ0n) is 13.7. The second-order valence-corrected chi connectivity index (χ2v) is 5.96. The maximum absolute atomic E-state index is 12.6. The number of aromatic amines is 1. The molecule has 0 aliphatic carbocycles. The number of nitrogens with one attached hydrogen (secondary N) is 1. The molecule has 1 atom stereocenters. The Balaban J connectivity index is 1.76. The van der Waals surface area contributed by atoms with E-state index in [1.165, 1.54) is 9.80 Å². The van der Waals surface area contributed by atoms with Gasteiger partial charge in [-0.15, -0.1) is 0 Å². The van der Waals surface area contributed by atoms with Gasteiger partial charge in [0.05, 0.1) is 18.5 Å². The molecule has 0 radical (unpaired) electrons. The average Bonchev–Trinajstić information content (AvgIpc) is 3.13. The molecule has 6 nitrogen and oxygen atoms in total. The third kappa shape index (κ3) is 2.82. The summed E-state index contributed by atoms with van der Waals surface area (Å²) in [4.78, 5) is 43.0. The lowest BCUT2D eigenvalue weighted by Gasteiger charge is -2.23. The Bertz CT molecular complexity index is 782. The van der Waals surface area contributed by atoms with Gasteiger partial charge in [0.2, 0.25) is 5.91 Å². The van der Waals surface area contributed by atoms with Crippen LogP contribution in [0.1, 0.15) is 28.0 Å². The van der Waals surface area contributed by atoms with Crippen LogP contribution in [-0.4, -0.2) is 45.6 Å². The van der Waals surface area contributed by atoms with Crippen LogP contribution >= 0.6 is 0 Å². The van der Waals surface area contributed by atoms with E-state index in [1.807, 2.05) is 30.3 Å². The predicted octanol–water partition coefficient (Wildman–Crippen LogP) is 1.72. The zero-order chi connectivity index (χ0) is 17.3. The molecule has 1 aliphatic heterocycles. The van der Waals surface area contributed by atoms with Crippen LogP contribution in [0.4, 0.5) is 0 Å². The van der Waals surface area contributed by atoms with Crippen LogP contribution in [0.5, 0.6) is 0 Å². The van der Waals surface area contributed by atoms with Crippen LogP contribution in [0, 0.1) is 6.92 Å². The predicted molar refractivity (Wildman–Crippen MR) is 88.0 cm³/mol. The van der Waals surface area contributed by atoms with E-state index in [0.29, 0.717) is 5.56 Å². The van der Waals surface area contributed by atoms with E-state index in [-0.39, 0.29) is 30.7 Å². The van der Waals surface area contributed by atoms with Crippen molar-refractivity contribution in [3.8, 4) is 0 Å². The third-order valence-electron chi connectivity index (χ3n) is 4.38. The first-order valence-electron chi connectivity index (χ1n) is 7.78. The van der Waals surface area contributed by atoms with E-state index < -0.39 is 6.04 Å². The molecule has 0 bridgehead atoms. The lowest BCUT2D eigenvalue weighted by atomic mass is 10.1. The van der Waals surface area contributed by atoms with E-state index >= 15 is 0 Å². The number of aromatic nitrogens is 1. The molecule has 3 rings (SSSR count). The fraction of sp³-hybridized carbons (Fsp3) is 0.278. The number of aryl methyl sites for hydroxylation is 1. The first kappa shape index (κ1) is 16.0. The van der Waals surface area contributed by atoms with E-state index in [0.717, 1.165) is 11.3 Å². The molecule has 3 amide bonds. The summed E-state index contributed by atoms with van der Waals surface area (Å²) in [6, 6.07) is 10.3. The zero-order valence-corrected chi connectivity index (χ0v) is 13.7. The largest absolute Gasteiger partial charge is 0.365 e. The summed E-state index contributed by atoms with van der Waals surface area (Å²) in [6.07, 6.45) is 1.71. The number of imide groups is 1. The van der Waals surface area contributed by atoms with Crippen molar-refractivity contribution in [3.63, 3.8) is 0 Å². The number of likely N-dealkylation sites (tertiary alicyclic amines) is 1. The summed E-state index contributed by atoms with van der Waals surface area (Å²) in [5.74, 6) is -0.839. The number of benzene rings is 1. The summed E-state index contributed by atoms with van der Waals surface area (Å²) in [5.41, 5.74) is 2.14. The van der Waals surface area contributed by atoms with Gasteiger partial charge in [0, 0.05) is 18.9 Å². The summed E-state index contributed by atoms with van der Waals surface area (Å²) in [7, 11) is 1.57. The lowest BCUT2D eigenvalue weighted by Crippen LogP contribution is -2.43. The summed E-state index contributed by atoms with van der Waals surface area (Å²) < 4.78 is 0. The Morgan fingerprint density at radius 3 is 2.58 bits per heavy atom. The van der Waals surface area contributed by atoms with E-state index in [2.05, 4.69) is 4.98 Å². The number of likely N-dealkylation sites (N-methyl/N-ethyl adjacent to an activating group) is 1. The molecular formula is C18H19N3O3. The van der Waals surface area contributed by atoms with Gasteiger partial charge in [-0.25, -0.2) is 0 Å². The molecule has 1 aromatic heterocycles. The van der Waals surface area contributed by atoms with Crippen molar-refractivity contribution >= 4 is 17.7 Å². The highest BCUT2D eigenvalue weighted by molar-refractivity contribution is 6.08. The van der Waals surface area contributed by atoms with Gasteiger partial charge >= 0.3 is 0 Å². The van der Waals surface area contributed by atoms with Crippen LogP contribution in [0.25, 0.3) is 0 Å². The van der Waals surface area contributed by atoms with Gasteiger partial charge in [0.1, 0.15) is 6.04 Å². The third-order valence-corrected chi connectivity index (χ3v) is 4.38. The molecule has 0 spiro atoms. The molecule has 1 aromatic carbocycles. The quantitative estimate of drug-likeness (QED) is 0.870. The molecule has 124 valence electrons. The Hall–Kier alpha value is -2.89. The standard InChI is InChI=1S/C18H19N3O3/c1-12-14(8-9-19-12)17(23)20(2)15-10-16(22)21(18(15)24)11-13-6-4-3-5-7-13/h3-9,15,19H,10-11H2,1-2H3/t15-/m1/s1. The van der Waals surface area contributed by atoms with Crippen molar-refractivity contribution in [2.45, 2.75) is 25.9 Å². The number of hydrogen-bond acceptors (Lipinski definition) is 3. The second-order valence-electron chi connectivity index (χ2n) is 5.96. The molecule has 2 heterocycles. The first-order valence-corrected chi connectivity index (χ1v) is 7.78. The number of nitrogens with zero attached hydrogens (tertiary/aromatic N) is 2. The fourth-order valence-electron chi connectivity index (χ4n) is 2.92. The molecule has 1 saturated heterocycles. The van der Waals surface area contributed by atoms with Gasteiger partial charge < -0.3 is 9.88 Å². The highest BCUT2D eigenvalue weighted by atomic mass is 16.2. The summed E-state index contributed by atoms with van der Waals surface area (Å²) in [5, 5.41) is 0. The number of hydrogen-bond donors (Lipinski definition) is 1. The number of carbonyl (C=O) groups excluding carboxylic acids is 3. The van der Waals surface area contributed by atoms with Crippen LogP contribution in [0.15, 0.2) is 42.6 Å². The van der Waals surface area contributed by atoms with Gasteiger partial charge in [0.15, 0.2) is 0 Å². The normalized spacial score (nSPS) is 17.4. The molecule has 1 N–H and O–H groups in total. The van der Waals surface area contributed by atoms with Crippen LogP contribution in [0.3, 0.4) is 0 Å². The minimum absolute atomic E-state index is 0.0252. The van der Waals surface area contributed by atoms with Crippen LogP contribution in [-0.2, 0) is 16.1 Å². The number of carbonyl (C=O) groups is 3. The van der Waals surface area contributed by atoms with Gasteiger partial charge in [-0.05, 0) is 18.6 Å². The minimum atomic E-state index is -0.747. The van der Waals surface area contributed by atoms with E-state index in [9.17, 15) is 14.4 Å². The van der Waals surface area contributed by atoms with Gasteiger partial charge in [0.25, 0.3) is 11.8 Å². The molecule has 6 heteroatoms. The fourth-order valence-corrected chi connectivity index (χ4v) is 2.92. The Morgan fingerprint density at radius 2 is 1.96 bits per heavy atom. The van der Waals surface area contributed by atoms with Crippen molar-refractivity contribution in [1.82, 2.24) is 14.8 Å². The highest BCUT2D eigenvalue weighted by Crippen LogP contribution is 2.22. The Labute approximate surface area is 140 Å². The molecule has 1 fully saturated rings. The Morgan fingerprint density at radius 1 is 1.25 bits per heavy atom. The highest BCUT2D eigenvalue weighted by Gasteiger charge is 2.42. The molecule has 1 aliphatic rings. The van der Waals surface area contributed by atoms with Crippen LogP contribution < -0.4 is 0 Å². The SMILES string of the molecule is Cc1[nH]ccc1C(=O)N(C)[C@@H]1CC(=O)N(Cc2ccccc2)C1=O. The average molecular weight is 325 g/mol. The first-order chi connectivity index (χ1) is 11.5. The molecule has 0 saturated carbocycles. The Kier molecular flexibility index (Phi) is 4.20. The van der Waals surface area contributed by atoms with E-state index in [4.69, 9.17) is 0 Å². The van der Waals surface area contributed by atoms with E-state index in [1.54, 1.807) is 26.2 Å². The molecule has 2 aromatic rings. The van der Waals surface area contributed by atoms with Gasteiger partial charge in [-0.3, -0.25) is 19.3 Å². The number of rotatable bonds is 4. The van der Waals surface area contributed by atoms with Gasteiger partial charge in [-0.2, -0.15) is 0 Å². The van der Waals surface area contributed by atoms with Crippen molar-refractivity contribution in [3.05, 3.63) is 59.4 Å². The molecule has 0 unspecified atom stereocenters. The monoisotopic (exact) mass is 325 g/mol. The maximum atomic E-state index is 12.6. The van der Waals surface area contributed by atoms with Crippen molar-refractivity contribution in [2.75, 3.05) is 7.05 Å². The van der Waals surface area contributed by atoms with Crippen LogP contribution in [0.2, 0.25) is 0 Å². The second kappa shape index (κ2) is 6.31.